The van der Waals surface area contributed by atoms with E-state index in [9.17, 15) is 0 Å². The number of rotatable bonds is 5. The maximum atomic E-state index is 2.41. The van der Waals surface area contributed by atoms with Crippen LogP contribution in [0.2, 0.25) is 0 Å². The summed E-state index contributed by atoms with van der Waals surface area (Å²) in [6, 6.07) is 39.5. The van der Waals surface area contributed by atoms with Crippen LogP contribution < -0.4 is 0 Å². The van der Waals surface area contributed by atoms with E-state index in [1.54, 1.807) is 0 Å². The van der Waals surface area contributed by atoms with Crippen molar-refractivity contribution in [2.75, 3.05) is 6.26 Å². The second kappa shape index (κ2) is 8.30. The Morgan fingerprint density at radius 3 is 1.57 bits per heavy atom. The number of hydrogen-bond acceptors (Lipinski definition) is 1. The molecule has 4 rings (SSSR count). The quantitative estimate of drug-likeness (QED) is 0.326. The molecule has 0 aliphatic rings. The molecule has 0 N–H and O–H groups in total. The van der Waals surface area contributed by atoms with Crippen LogP contribution in [0.1, 0.15) is 5.56 Å². The molecule has 0 nitrogen and oxygen atoms in total. The zero-order chi connectivity index (χ0) is 19.4. The van der Waals surface area contributed by atoms with Gasteiger partial charge in [0.25, 0.3) is 0 Å². The molecule has 4 aromatic rings. The Kier molecular flexibility index (Phi) is 5.61. The summed E-state index contributed by atoms with van der Waals surface area (Å²) >= 11 is 1.83. The molecule has 0 unspecified atom stereocenters. The van der Waals surface area contributed by atoms with Gasteiger partial charge in [0.15, 0.2) is 0 Å². The van der Waals surface area contributed by atoms with Crippen LogP contribution in [0.3, 0.4) is 0 Å². The Morgan fingerprint density at radius 1 is 0.571 bits per heavy atom. The maximum absolute atomic E-state index is 2.41. The van der Waals surface area contributed by atoms with Crippen molar-refractivity contribution in [2.24, 2.45) is 0 Å². The van der Waals surface area contributed by atoms with Gasteiger partial charge >= 0.3 is 0 Å². The van der Waals surface area contributed by atoms with Crippen molar-refractivity contribution < 1.29 is 0 Å². The highest BCUT2D eigenvalue weighted by Crippen LogP contribution is 2.65. The summed E-state index contributed by atoms with van der Waals surface area (Å²) in [6.07, 6.45) is 2.41. The topological polar surface area (TPSA) is 0 Å². The third-order valence-electron chi connectivity index (χ3n) is 5.02. The zero-order valence-corrected chi connectivity index (χ0v) is 17.8. The largest absolute Gasteiger partial charge is 0.163 e. The lowest BCUT2D eigenvalue weighted by atomic mass is 10.2. The fourth-order valence-electron chi connectivity index (χ4n) is 3.40. The second-order valence-corrected chi connectivity index (χ2v) is 11.3. The van der Waals surface area contributed by atoms with Gasteiger partial charge in [-0.15, -0.1) is 0 Å². The van der Waals surface area contributed by atoms with Crippen LogP contribution in [-0.4, -0.2) is 6.26 Å². The van der Waals surface area contributed by atoms with E-state index in [1.807, 2.05) is 11.8 Å². The van der Waals surface area contributed by atoms with E-state index >= 15 is 0 Å². The van der Waals surface area contributed by atoms with Gasteiger partial charge in [0.05, 0.1) is 0 Å². The fraction of sp³-hybridized carbons (Fsp3) is 0.0769. The molecule has 0 atom stereocenters. The lowest BCUT2D eigenvalue weighted by Gasteiger charge is -2.38. The van der Waals surface area contributed by atoms with Crippen molar-refractivity contribution in [3.05, 3.63) is 115 Å². The lowest BCUT2D eigenvalue weighted by Crippen LogP contribution is -2.02. The van der Waals surface area contributed by atoms with E-state index in [2.05, 4.69) is 122 Å². The molecule has 0 radical (unpaired) electrons. The summed E-state index contributed by atoms with van der Waals surface area (Å²) < 4.78 is 0. The van der Waals surface area contributed by atoms with Gasteiger partial charge in [0.2, 0.25) is 0 Å². The molecule has 0 saturated heterocycles. The molecule has 0 bridgehead atoms. The summed E-state index contributed by atoms with van der Waals surface area (Å²) in [5.74, 6) is 0. The van der Waals surface area contributed by atoms with Crippen molar-refractivity contribution >= 4 is 21.8 Å². The minimum absolute atomic E-state index is 1.28. The van der Waals surface area contributed by atoms with E-state index < -0.39 is 10.0 Å². The van der Waals surface area contributed by atoms with Gasteiger partial charge in [-0.3, -0.25) is 0 Å². The Morgan fingerprint density at radius 2 is 1.07 bits per heavy atom. The zero-order valence-electron chi connectivity index (χ0n) is 16.2. The molecule has 28 heavy (non-hydrogen) atoms. The van der Waals surface area contributed by atoms with Crippen molar-refractivity contribution in [2.45, 2.75) is 31.4 Å². The smallest absolute Gasteiger partial charge is 0.0152 e. The first-order chi connectivity index (χ1) is 13.7. The van der Waals surface area contributed by atoms with Crippen molar-refractivity contribution in [3.63, 3.8) is 0 Å². The monoisotopic (exact) mass is 400 g/mol. The molecule has 0 amide bonds. The van der Waals surface area contributed by atoms with E-state index in [0.29, 0.717) is 0 Å². The fourth-order valence-corrected chi connectivity index (χ4v) is 7.27. The first-order valence-electron chi connectivity index (χ1n) is 9.40. The van der Waals surface area contributed by atoms with Crippen LogP contribution in [0.15, 0.2) is 134 Å². The minimum Gasteiger partial charge on any atom is -0.163 e. The minimum atomic E-state index is -1.30. The van der Waals surface area contributed by atoms with Crippen molar-refractivity contribution in [1.82, 2.24) is 0 Å². The van der Waals surface area contributed by atoms with Crippen LogP contribution in [-0.2, 0) is 0 Å². The third kappa shape index (κ3) is 3.76. The molecule has 0 aliphatic carbocycles. The Bertz CT molecular complexity index is 1000. The summed E-state index contributed by atoms with van der Waals surface area (Å²) in [4.78, 5) is 6.78. The van der Waals surface area contributed by atoms with Crippen LogP contribution in [0.5, 0.6) is 0 Å². The number of hydrogen-bond donors (Lipinski definition) is 0. The number of aryl methyl sites for hydroxylation is 1. The van der Waals surface area contributed by atoms with Crippen molar-refractivity contribution in [1.29, 1.82) is 0 Å². The van der Waals surface area contributed by atoms with Crippen LogP contribution in [0.4, 0.5) is 0 Å². The van der Waals surface area contributed by atoms with Crippen LogP contribution in [0.25, 0.3) is 0 Å². The van der Waals surface area contributed by atoms with Gasteiger partial charge in [0.1, 0.15) is 0 Å². The average Bonchev–Trinajstić information content (AvgIpc) is 2.76. The standard InChI is InChI=1S/C26H24S2/c1-21-20-25(18-19-26(21)27-22-12-6-3-7-13-22)28(2,23-14-8-4-9-15-23)24-16-10-5-11-17-24/h3-20H,1-2H3. The second-order valence-electron chi connectivity index (χ2n) is 6.89. The highest BCUT2D eigenvalue weighted by Gasteiger charge is 2.26. The van der Waals surface area contributed by atoms with Gasteiger partial charge in [-0.2, -0.15) is 10.0 Å². The van der Waals surface area contributed by atoms with Gasteiger partial charge in [-0.05, 0) is 88.0 Å². The summed E-state index contributed by atoms with van der Waals surface area (Å²) in [7, 11) is -1.30. The molecule has 0 saturated carbocycles. The first-order valence-corrected chi connectivity index (χ1v) is 12.3. The van der Waals surface area contributed by atoms with Gasteiger partial charge in [-0.1, -0.05) is 66.4 Å². The van der Waals surface area contributed by atoms with E-state index in [0.717, 1.165) is 0 Å². The molecule has 140 valence electrons. The Balaban J connectivity index is 1.78. The summed E-state index contributed by atoms with van der Waals surface area (Å²) in [6.45, 7) is 2.23. The van der Waals surface area contributed by atoms with Crippen molar-refractivity contribution in [3.8, 4) is 0 Å². The number of benzene rings is 4. The molecule has 4 aromatic carbocycles. The predicted octanol–water partition coefficient (Wildman–Crippen LogP) is 8.06. The molecule has 0 heterocycles. The van der Waals surface area contributed by atoms with Crippen LogP contribution in [0, 0.1) is 6.92 Å². The average molecular weight is 401 g/mol. The first kappa shape index (κ1) is 18.9. The Labute approximate surface area is 174 Å². The molecule has 0 aromatic heterocycles. The Hall–Kier alpha value is -2.42. The molecular formula is C26H24S2. The summed E-state index contributed by atoms with van der Waals surface area (Å²) in [5, 5.41) is 0. The SMILES string of the molecule is Cc1cc(S(C)(c2ccccc2)c2ccccc2)ccc1Sc1ccccc1. The summed E-state index contributed by atoms with van der Waals surface area (Å²) in [5.41, 5.74) is 1.33. The van der Waals surface area contributed by atoms with Gasteiger partial charge in [0, 0.05) is 9.79 Å². The van der Waals surface area contributed by atoms with E-state index in [1.165, 1.54) is 30.0 Å². The highest BCUT2D eigenvalue weighted by molar-refractivity contribution is 8.33. The lowest BCUT2D eigenvalue weighted by molar-refractivity contribution is 1.21. The molecule has 0 spiro atoms. The maximum Gasteiger partial charge on any atom is 0.0152 e. The van der Waals surface area contributed by atoms with Gasteiger partial charge < -0.3 is 0 Å². The van der Waals surface area contributed by atoms with E-state index in [4.69, 9.17) is 0 Å². The molecule has 0 aliphatic heterocycles. The third-order valence-corrected chi connectivity index (χ3v) is 9.83. The van der Waals surface area contributed by atoms with E-state index in [-0.39, 0.29) is 0 Å². The van der Waals surface area contributed by atoms with Gasteiger partial charge in [-0.25, -0.2) is 0 Å². The highest BCUT2D eigenvalue weighted by atomic mass is 32.3. The molecular weight excluding hydrogens is 376 g/mol. The normalized spacial score (nSPS) is 11.9. The molecule has 2 heteroatoms. The predicted molar refractivity (Wildman–Crippen MR) is 123 cm³/mol. The van der Waals surface area contributed by atoms with Crippen LogP contribution >= 0.6 is 21.8 Å². The molecule has 0 fully saturated rings.